The van der Waals surface area contributed by atoms with E-state index in [9.17, 15) is 0 Å². The molecule has 0 fully saturated rings. The lowest BCUT2D eigenvalue weighted by atomic mass is 10.1. The van der Waals surface area contributed by atoms with Crippen molar-refractivity contribution in [3.8, 4) is 28.7 Å². The molecule has 0 radical (unpaired) electrons. The van der Waals surface area contributed by atoms with Gasteiger partial charge in [0, 0.05) is 11.1 Å². The van der Waals surface area contributed by atoms with Crippen LogP contribution in [0.2, 0.25) is 0 Å². The zero-order valence-corrected chi connectivity index (χ0v) is 19.4. The summed E-state index contributed by atoms with van der Waals surface area (Å²) >= 11 is 0. The SMILES string of the molecule is CNCc1nnc2n1Cc1c(-c3nc(C4=CC(C)C=CC=C4)co3)ncn1-c1ccc(C)cc1-2. The predicted octanol–water partition coefficient (Wildman–Crippen LogP) is 4.32. The maximum absolute atomic E-state index is 5.96. The molecule has 170 valence electrons. The molecule has 1 N–H and O–H groups in total. The van der Waals surface area contributed by atoms with E-state index in [0.717, 1.165) is 51.1 Å². The molecule has 1 aromatic carbocycles. The third-order valence-electron chi connectivity index (χ3n) is 6.24. The normalized spacial score (nSPS) is 16.4. The van der Waals surface area contributed by atoms with Gasteiger partial charge in [-0.2, -0.15) is 0 Å². The van der Waals surface area contributed by atoms with Gasteiger partial charge in [-0.3, -0.25) is 4.57 Å². The Hall–Kier alpha value is -4.04. The van der Waals surface area contributed by atoms with E-state index >= 15 is 0 Å². The summed E-state index contributed by atoms with van der Waals surface area (Å²) in [6.07, 6.45) is 14.0. The van der Waals surface area contributed by atoms with E-state index in [4.69, 9.17) is 14.4 Å². The summed E-state index contributed by atoms with van der Waals surface area (Å²) < 4.78 is 10.2. The average molecular weight is 452 g/mol. The van der Waals surface area contributed by atoms with Crippen molar-refractivity contribution >= 4 is 5.57 Å². The molecule has 8 heteroatoms. The summed E-state index contributed by atoms with van der Waals surface area (Å²) in [4.78, 5) is 9.56. The summed E-state index contributed by atoms with van der Waals surface area (Å²) in [5.74, 6) is 2.55. The molecule has 0 amide bonds. The van der Waals surface area contributed by atoms with Crippen LogP contribution in [-0.4, -0.2) is 36.3 Å². The first-order valence-corrected chi connectivity index (χ1v) is 11.4. The lowest BCUT2D eigenvalue weighted by Crippen LogP contribution is -2.14. The maximum Gasteiger partial charge on any atom is 0.247 e. The Labute approximate surface area is 197 Å². The molecule has 3 aromatic heterocycles. The van der Waals surface area contributed by atoms with Crippen LogP contribution >= 0.6 is 0 Å². The number of hydrogen-bond donors (Lipinski definition) is 1. The minimum absolute atomic E-state index is 0.326. The molecule has 1 atom stereocenters. The summed E-state index contributed by atoms with van der Waals surface area (Å²) in [7, 11) is 1.91. The van der Waals surface area contributed by atoms with Crippen LogP contribution in [0.25, 0.3) is 34.2 Å². The molecule has 0 saturated carbocycles. The molecule has 0 saturated heterocycles. The number of aryl methyl sites for hydroxylation is 1. The minimum Gasteiger partial charge on any atom is -0.443 e. The first-order chi connectivity index (χ1) is 16.6. The first kappa shape index (κ1) is 20.6. The average Bonchev–Trinajstić information content (AvgIpc) is 3.50. The second kappa shape index (κ2) is 8.07. The van der Waals surface area contributed by atoms with Crippen molar-refractivity contribution < 1.29 is 4.42 Å². The largest absolute Gasteiger partial charge is 0.443 e. The molecule has 1 aliphatic carbocycles. The predicted molar refractivity (Wildman–Crippen MR) is 130 cm³/mol. The van der Waals surface area contributed by atoms with Crippen molar-refractivity contribution in [1.29, 1.82) is 0 Å². The molecule has 8 nitrogen and oxygen atoms in total. The van der Waals surface area contributed by atoms with Crippen LogP contribution in [0, 0.1) is 12.8 Å². The van der Waals surface area contributed by atoms with Gasteiger partial charge in [-0.05, 0) is 32.0 Å². The highest BCUT2D eigenvalue weighted by molar-refractivity contribution is 5.74. The minimum atomic E-state index is 0.326. The van der Waals surface area contributed by atoms with Gasteiger partial charge < -0.3 is 14.3 Å². The molecule has 0 bridgehead atoms. The number of oxazole rings is 1. The zero-order chi connectivity index (χ0) is 23.2. The van der Waals surface area contributed by atoms with E-state index in [1.807, 2.05) is 19.5 Å². The van der Waals surface area contributed by atoms with Gasteiger partial charge in [-0.25, -0.2) is 9.97 Å². The second-order valence-corrected chi connectivity index (χ2v) is 8.75. The second-order valence-electron chi connectivity index (χ2n) is 8.75. The van der Waals surface area contributed by atoms with Gasteiger partial charge in [0.25, 0.3) is 0 Å². The Morgan fingerprint density at radius 2 is 2.12 bits per heavy atom. The Morgan fingerprint density at radius 1 is 1.21 bits per heavy atom. The summed E-state index contributed by atoms with van der Waals surface area (Å²) in [5, 5.41) is 12.2. The Bertz CT molecular complexity index is 1480. The first-order valence-electron chi connectivity index (χ1n) is 11.4. The summed E-state index contributed by atoms with van der Waals surface area (Å²) in [6.45, 7) is 5.41. The number of aromatic nitrogens is 6. The van der Waals surface area contributed by atoms with Crippen LogP contribution in [0.5, 0.6) is 0 Å². The molecule has 34 heavy (non-hydrogen) atoms. The third kappa shape index (κ3) is 3.34. The highest BCUT2D eigenvalue weighted by Gasteiger charge is 2.28. The lowest BCUT2D eigenvalue weighted by Gasteiger charge is -2.09. The number of fused-ring (bicyclic) bond motifs is 5. The Kier molecular flexibility index (Phi) is 4.88. The Balaban J connectivity index is 1.49. The number of nitrogens with zero attached hydrogens (tertiary/aromatic N) is 6. The number of imidazole rings is 1. The smallest absolute Gasteiger partial charge is 0.247 e. The summed E-state index contributed by atoms with van der Waals surface area (Å²) in [5.41, 5.74) is 6.75. The van der Waals surface area contributed by atoms with Crippen LogP contribution in [-0.2, 0) is 13.1 Å². The van der Waals surface area contributed by atoms with Gasteiger partial charge in [0.2, 0.25) is 5.89 Å². The van der Waals surface area contributed by atoms with Gasteiger partial charge >= 0.3 is 0 Å². The number of allylic oxidation sites excluding steroid dienone is 6. The van der Waals surface area contributed by atoms with Crippen molar-refractivity contribution in [3.05, 3.63) is 83.9 Å². The molecule has 1 unspecified atom stereocenters. The van der Waals surface area contributed by atoms with E-state index in [1.54, 1.807) is 6.26 Å². The molecule has 4 aromatic rings. The highest BCUT2D eigenvalue weighted by Crippen LogP contribution is 2.35. The fraction of sp³-hybridized carbons (Fsp3) is 0.231. The fourth-order valence-corrected chi connectivity index (χ4v) is 4.57. The lowest BCUT2D eigenvalue weighted by molar-refractivity contribution is 0.570. The number of rotatable bonds is 4. The van der Waals surface area contributed by atoms with E-state index < -0.39 is 0 Å². The van der Waals surface area contributed by atoms with Crippen LogP contribution in [0.4, 0.5) is 0 Å². The summed E-state index contributed by atoms with van der Waals surface area (Å²) in [6, 6.07) is 6.36. The molecular weight excluding hydrogens is 426 g/mol. The monoisotopic (exact) mass is 451 g/mol. The molecular formula is C26H25N7O. The van der Waals surface area contributed by atoms with Crippen molar-refractivity contribution in [1.82, 2.24) is 34.6 Å². The topological polar surface area (TPSA) is 86.6 Å². The van der Waals surface area contributed by atoms with E-state index in [1.165, 1.54) is 0 Å². The van der Waals surface area contributed by atoms with E-state index in [0.29, 0.717) is 24.9 Å². The quantitative estimate of drug-likeness (QED) is 0.438. The standard InChI is InChI=1S/C26H25N7O/c1-16-6-4-5-7-18(10-16)20-14-34-26(29-20)24-22-13-32-23(12-27-3)30-31-25(32)19-11-17(2)8-9-21(19)33(22)15-28-24/h4-11,14-16,27H,12-13H2,1-3H3. The molecule has 1 aliphatic heterocycles. The molecule has 2 aliphatic rings. The number of benzene rings is 1. The van der Waals surface area contributed by atoms with Crippen molar-refractivity contribution in [2.24, 2.45) is 5.92 Å². The van der Waals surface area contributed by atoms with Gasteiger partial charge in [-0.15, -0.1) is 10.2 Å². The van der Waals surface area contributed by atoms with Crippen LogP contribution < -0.4 is 5.32 Å². The van der Waals surface area contributed by atoms with Crippen molar-refractivity contribution in [2.45, 2.75) is 26.9 Å². The van der Waals surface area contributed by atoms with E-state index in [-0.39, 0.29) is 0 Å². The van der Waals surface area contributed by atoms with Crippen LogP contribution in [0.3, 0.4) is 0 Å². The third-order valence-corrected chi connectivity index (χ3v) is 6.24. The fourth-order valence-electron chi connectivity index (χ4n) is 4.57. The number of nitrogens with one attached hydrogen (secondary N) is 1. The van der Waals surface area contributed by atoms with Gasteiger partial charge in [0.15, 0.2) is 5.82 Å². The Morgan fingerprint density at radius 3 is 3.00 bits per heavy atom. The van der Waals surface area contributed by atoms with Gasteiger partial charge in [-0.1, -0.05) is 48.9 Å². The number of hydrogen-bond acceptors (Lipinski definition) is 6. The van der Waals surface area contributed by atoms with Crippen LogP contribution in [0.1, 0.15) is 29.7 Å². The molecule has 0 spiro atoms. The zero-order valence-electron chi connectivity index (χ0n) is 19.4. The molecule has 4 heterocycles. The van der Waals surface area contributed by atoms with Crippen LogP contribution in [0.15, 0.2) is 65.6 Å². The van der Waals surface area contributed by atoms with Crippen molar-refractivity contribution in [2.75, 3.05) is 7.05 Å². The van der Waals surface area contributed by atoms with Gasteiger partial charge in [0.05, 0.1) is 24.5 Å². The van der Waals surface area contributed by atoms with Crippen molar-refractivity contribution in [3.63, 3.8) is 0 Å². The highest BCUT2D eigenvalue weighted by atomic mass is 16.3. The van der Waals surface area contributed by atoms with Gasteiger partial charge in [0.1, 0.15) is 29.8 Å². The maximum atomic E-state index is 5.96. The van der Waals surface area contributed by atoms with E-state index in [2.05, 4.69) is 81.0 Å². The molecule has 6 rings (SSSR count).